The van der Waals surface area contributed by atoms with E-state index in [0.29, 0.717) is 12.1 Å². The molecule has 0 aliphatic carbocycles. The molecule has 2 aromatic heterocycles. The second-order valence-corrected chi connectivity index (χ2v) is 6.25. The lowest BCUT2D eigenvalue weighted by atomic mass is 10.1. The van der Waals surface area contributed by atoms with Crippen LogP contribution in [0, 0.1) is 0 Å². The first kappa shape index (κ1) is 16.1. The van der Waals surface area contributed by atoms with Crippen molar-refractivity contribution in [2.75, 3.05) is 6.54 Å². The minimum Gasteiger partial charge on any atom is -0.360 e. The van der Waals surface area contributed by atoms with E-state index in [1.807, 2.05) is 42.6 Å². The Hall–Kier alpha value is -3.34. The summed E-state index contributed by atoms with van der Waals surface area (Å²) in [6.07, 6.45) is 4.40. The maximum atomic E-state index is 12.4. The van der Waals surface area contributed by atoms with Crippen LogP contribution < -0.4 is 5.32 Å². The number of aromatic amines is 1. The van der Waals surface area contributed by atoms with Gasteiger partial charge in [0.25, 0.3) is 11.7 Å². The molecule has 0 bridgehead atoms. The van der Waals surface area contributed by atoms with E-state index in [2.05, 4.69) is 33.1 Å². The highest BCUT2D eigenvalue weighted by atomic mass is 16.2. The average Bonchev–Trinajstić information content (AvgIpc) is 3.29. The number of benzene rings is 2. The maximum absolute atomic E-state index is 12.4. The third kappa shape index (κ3) is 2.99. The lowest BCUT2D eigenvalue weighted by Gasteiger charge is -2.07. The number of rotatable bonds is 6. The molecule has 26 heavy (non-hydrogen) atoms. The Balaban J connectivity index is 1.34. The number of fused-ring (bicyclic) bond motifs is 2. The molecule has 0 aliphatic heterocycles. The molecule has 1 amide bonds. The van der Waals surface area contributed by atoms with Crippen molar-refractivity contribution in [1.29, 1.82) is 0 Å². The van der Waals surface area contributed by atoms with Crippen molar-refractivity contribution in [1.82, 2.24) is 14.9 Å². The van der Waals surface area contributed by atoms with Gasteiger partial charge in [-0.2, -0.15) is 0 Å². The standard InChI is InChI=1S/C21H19N3O2/c25-20(17-14-23-18-8-3-2-7-16(17)18)21(26)22-11-5-12-24-13-10-15-6-1-4-9-19(15)24/h1-4,6-10,13-14,23H,5,11-12H2,(H,22,26). The van der Waals surface area contributed by atoms with Crippen LogP contribution in [-0.4, -0.2) is 27.8 Å². The fourth-order valence-corrected chi connectivity index (χ4v) is 3.25. The first-order chi connectivity index (χ1) is 12.7. The van der Waals surface area contributed by atoms with Crippen molar-refractivity contribution >= 4 is 33.5 Å². The second-order valence-electron chi connectivity index (χ2n) is 6.25. The highest BCUT2D eigenvalue weighted by Gasteiger charge is 2.19. The lowest BCUT2D eigenvalue weighted by molar-refractivity contribution is -0.117. The van der Waals surface area contributed by atoms with Crippen LogP contribution in [0.4, 0.5) is 0 Å². The van der Waals surface area contributed by atoms with Gasteiger partial charge in [0, 0.05) is 41.9 Å². The zero-order valence-corrected chi connectivity index (χ0v) is 14.2. The van der Waals surface area contributed by atoms with Gasteiger partial charge in [-0.3, -0.25) is 9.59 Å². The van der Waals surface area contributed by atoms with Gasteiger partial charge in [-0.05, 0) is 30.0 Å². The number of nitrogens with one attached hydrogen (secondary N) is 2. The molecular weight excluding hydrogens is 326 g/mol. The Labute approximate surface area is 150 Å². The highest BCUT2D eigenvalue weighted by molar-refractivity contribution is 6.44. The summed E-state index contributed by atoms with van der Waals surface area (Å²) in [6.45, 7) is 1.24. The molecule has 0 saturated heterocycles. The van der Waals surface area contributed by atoms with Crippen molar-refractivity contribution in [2.45, 2.75) is 13.0 Å². The third-order valence-corrected chi connectivity index (χ3v) is 4.58. The minimum atomic E-state index is -0.563. The molecule has 0 unspecified atom stereocenters. The lowest BCUT2D eigenvalue weighted by Crippen LogP contribution is -2.32. The number of carbonyl (C=O) groups is 2. The van der Waals surface area contributed by atoms with E-state index in [1.54, 1.807) is 6.20 Å². The molecular formula is C21H19N3O2. The normalized spacial score (nSPS) is 11.1. The second kappa shape index (κ2) is 6.88. The first-order valence-electron chi connectivity index (χ1n) is 8.66. The number of hydrogen-bond donors (Lipinski definition) is 2. The predicted octanol–water partition coefficient (Wildman–Crippen LogP) is 3.51. The summed E-state index contributed by atoms with van der Waals surface area (Å²) in [4.78, 5) is 27.6. The number of ketones is 1. The summed E-state index contributed by atoms with van der Waals surface area (Å²) in [6, 6.07) is 17.7. The van der Waals surface area contributed by atoms with Crippen LogP contribution in [0.15, 0.2) is 67.0 Å². The molecule has 130 valence electrons. The van der Waals surface area contributed by atoms with Gasteiger partial charge in [-0.25, -0.2) is 0 Å². The fraction of sp³-hybridized carbons (Fsp3) is 0.143. The number of Topliss-reactive ketones (excluding diaryl/α,β-unsaturated/α-hetero) is 1. The van der Waals surface area contributed by atoms with Crippen LogP contribution >= 0.6 is 0 Å². The van der Waals surface area contributed by atoms with E-state index in [9.17, 15) is 9.59 Å². The molecule has 2 heterocycles. The van der Waals surface area contributed by atoms with E-state index in [4.69, 9.17) is 0 Å². The molecule has 0 spiro atoms. The van der Waals surface area contributed by atoms with Crippen molar-refractivity contribution in [3.05, 3.63) is 72.6 Å². The number of para-hydroxylation sites is 2. The van der Waals surface area contributed by atoms with E-state index >= 15 is 0 Å². The molecule has 2 aromatic carbocycles. The first-order valence-corrected chi connectivity index (χ1v) is 8.66. The zero-order valence-electron chi connectivity index (χ0n) is 14.2. The van der Waals surface area contributed by atoms with Crippen molar-refractivity contribution < 1.29 is 9.59 Å². The highest BCUT2D eigenvalue weighted by Crippen LogP contribution is 2.18. The Bertz CT molecular complexity index is 1090. The largest absolute Gasteiger partial charge is 0.360 e. The third-order valence-electron chi connectivity index (χ3n) is 4.58. The number of aromatic nitrogens is 2. The number of H-pyrrole nitrogens is 1. The summed E-state index contributed by atoms with van der Waals surface area (Å²) in [7, 11) is 0. The molecule has 5 heteroatoms. The molecule has 4 aromatic rings. The summed E-state index contributed by atoms with van der Waals surface area (Å²) >= 11 is 0. The maximum Gasteiger partial charge on any atom is 0.292 e. The van der Waals surface area contributed by atoms with Gasteiger partial charge in [-0.15, -0.1) is 0 Å². The molecule has 5 nitrogen and oxygen atoms in total. The monoisotopic (exact) mass is 345 g/mol. The number of hydrogen-bond acceptors (Lipinski definition) is 2. The Morgan fingerprint density at radius 1 is 1.00 bits per heavy atom. The van der Waals surface area contributed by atoms with Gasteiger partial charge in [0.05, 0.1) is 5.56 Å². The molecule has 0 saturated carbocycles. The minimum absolute atomic E-state index is 0.412. The van der Waals surface area contributed by atoms with E-state index < -0.39 is 11.7 Å². The van der Waals surface area contributed by atoms with Crippen LogP contribution in [0.5, 0.6) is 0 Å². The zero-order chi connectivity index (χ0) is 17.9. The molecule has 4 rings (SSSR count). The van der Waals surface area contributed by atoms with Crippen molar-refractivity contribution in [3.63, 3.8) is 0 Å². The molecule has 0 radical (unpaired) electrons. The van der Waals surface area contributed by atoms with Crippen LogP contribution in [0.2, 0.25) is 0 Å². The Morgan fingerprint density at radius 3 is 2.73 bits per heavy atom. The van der Waals surface area contributed by atoms with Crippen molar-refractivity contribution in [2.24, 2.45) is 0 Å². The smallest absolute Gasteiger partial charge is 0.292 e. The average molecular weight is 345 g/mol. The SMILES string of the molecule is O=C(NCCCn1ccc2ccccc21)C(=O)c1c[nH]c2ccccc12. The van der Waals surface area contributed by atoms with Crippen LogP contribution in [0.1, 0.15) is 16.8 Å². The molecule has 0 fully saturated rings. The van der Waals surface area contributed by atoms with E-state index in [1.165, 1.54) is 10.9 Å². The van der Waals surface area contributed by atoms with Crippen molar-refractivity contribution in [3.8, 4) is 0 Å². The number of nitrogens with zero attached hydrogens (tertiary/aromatic N) is 1. The summed E-state index contributed by atoms with van der Waals surface area (Å²) in [5.74, 6) is -1.07. The van der Waals surface area contributed by atoms with E-state index in [0.717, 1.165) is 23.9 Å². The van der Waals surface area contributed by atoms with Gasteiger partial charge in [0.15, 0.2) is 0 Å². The number of carbonyl (C=O) groups excluding carboxylic acids is 2. The van der Waals surface area contributed by atoms with Gasteiger partial charge in [0.1, 0.15) is 0 Å². The molecule has 0 aliphatic rings. The summed E-state index contributed by atoms with van der Waals surface area (Å²) in [5.41, 5.74) is 2.44. The van der Waals surface area contributed by atoms with Crippen LogP contribution in [0.25, 0.3) is 21.8 Å². The van der Waals surface area contributed by atoms with Gasteiger partial charge < -0.3 is 14.9 Å². The topological polar surface area (TPSA) is 66.9 Å². The van der Waals surface area contributed by atoms with Gasteiger partial charge in [0.2, 0.25) is 0 Å². The summed E-state index contributed by atoms with van der Waals surface area (Å²) in [5, 5.41) is 4.70. The quantitative estimate of drug-likeness (QED) is 0.319. The fourth-order valence-electron chi connectivity index (χ4n) is 3.25. The summed E-state index contributed by atoms with van der Waals surface area (Å²) < 4.78 is 2.16. The molecule has 0 atom stereocenters. The van der Waals surface area contributed by atoms with Crippen LogP contribution in [0.3, 0.4) is 0 Å². The number of amides is 1. The van der Waals surface area contributed by atoms with E-state index in [-0.39, 0.29) is 0 Å². The molecule has 2 N–H and O–H groups in total. The Morgan fingerprint density at radius 2 is 1.81 bits per heavy atom. The van der Waals surface area contributed by atoms with Gasteiger partial charge >= 0.3 is 0 Å². The number of aryl methyl sites for hydroxylation is 1. The predicted molar refractivity (Wildman–Crippen MR) is 102 cm³/mol. The van der Waals surface area contributed by atoms with Crippen LogP contribution in [-0.2, 0) is 11.3 Å². The van der Waals surface area contributed by atoms with Gasteiger partial charge in [-0.1, -0.05) is 36.4 Å². The Kier molecular flexibility index (Phi) is 4.27.